The maximum Gasteiger partial charge on any atom is 0.475 e. The number of alkyl carbamates (subject to hydrolysis) is 1. The van der Waals surface area contributed by atoms with Gasteiger partial charge in [-0.25, -0.2) is 13.6 Å². The predicted octanol–water partition coefficient (Wildman–Crippen LogP) is 2.13. The van der Waals surface area contributed by atoms with Gasteiger partial charge in [0.25, 0.3) is 5.91 Å². The van der Waals surface area contributed by atoms with Gasteiger partial charge in [0.05, 0.1) is 12.0 Å². The van der Waals surface area contributed by atoms with Gasteiger partial charge in [0, 0.05) is 25.2 Å². The number of nitrogens with one attached hydrogen (secondary N) is 1. The highest BCUT2D eigenvalue weighted by Gasteiger charge is 2.35. The van der Waals surface area contributed by atoms with Crippen LogP contribution in [-0.4, -0.2) is 88.9 Å². The van der Waals surface area contributed by atoms with E-state index in [1.54, 1.807) is 6.08 Å². The van der Waals surface area contributed by atoms with Crippen molar-refractivity contribution >= 4 is 19.1 Å². The number of benzene rings is 1. The second-order valence-electron chi connectivity index (χ2n) is 10.4. The van der Waals surface area contributed by atoms with Gasteiger partial charge in [-0.3, -0.25) is 9.69 Å². The Kier molecular flexibility index (Phi) is 10.2. The zero-order valence-electron chi connectivity index (χ0n) is 21.8. The molecule has 0 aliphatic carbocycles. The highest BCUT2D eigenvalue weighted by Crippen LogP contribution is 2.27. The Bertz CT molecular complexity index is 1050. The topological polar surface area (TPSA) is 126 Å². The maximum absolute atomic E-state index is 13.7. The van der Waals surface area contributed by atoms with Crippen molar-refractivity contribution in [3.8, 4) is 6.07 Å². The number of halogens is 2. The van der Waals surface area contributed by atoms with E-state index in [0.29, 0.717) is 31.5 Å². The van der Waals surface area contributed by atoms with E-state index in [-0.39, 0.29) is 25.1 Å². The molecule has 2 heterocycles. The number of ether oxygens (including phenoxy) is 1. The van der Waals surface area contributed by atoms with Crippen molar-refractivity contribution in [3.63, 3.8) is 0 Å². The van der Waals surface area contributed by atoms with Gasteiger partial charge in [-0.15, -0.1) is 0 Å². The molecule has 3 rings (SSSR count). The van der Waals surface area contributed by atoms with Crippen LogP contribution in [0.25, 0.3) is 0 Å². The molecular weight excluding hydrogens is 497 g/mol. The molecule has 2 aliphatic heterocycles. The van der Waals surface area contributed by atoms with E-state index in [1.165, 1.54) is 29.2 Å². The Hall–Kier alpha value is -3.01. The van der Waals surface area contributed by atoms with Gasteiger partial charge in [0.2, 0.25) is 0 Å². The number of nitrogens with zero attached hydrogens (tertiary/aromatic N) is 3. The molecule has 2 saturated heterocycles. The van der Waals surface area contributed by atoms with Crippen LogP contribution in [0.15, 0.2) is 35.9 Å². The van der Waals surface area contributed by atoms with Gasteiger partial charge in [0.15, 0.2) is 0 Å². The number of piperidine rings is 1. The number of hydrogen-bond donors (Lipinski definition) is 3. The summed E-state index contributed by atoms with van der Waals surface area (Å²) in [5.41, 5.74) is -0.145. The van der Waals surface area contributed by atoms with Crippen LogP contribution in [0.4, 0.5) is 13.6 Å². The van der Waals surface area contributed by atoms with Crippen molar-refractivity contribution in [1.29, 1.82) is 5.26 Å². The van der Waals surface area contributed by atoms with Gasteiger partial charge in [-0.2, -0.15) is 5.26 Å². The van der Waals surface area contributed by atoms with E-state index < -0.39 is 48.6 Å². The highest BCUT2D eigenvalue weighted by molar-refractivity contribution is 6.43. The van der Waals surface area contributed by atoms with Crippen LogP contribution >= 0.6 is 0 Å². The van der Waals surface area contributed by atoms with Crippen molar-refractivity contribution in [3.05, 3.63) is 47.3 Å². The second kappa shape index (κ2) is 13.2. The third-order valence-electron chi connectivity index (χ3n) is 7.12. The Morgan fingerprint density at radius 1 is 1.26 bits per heavy atom. The van der Waals surface area contributed by atoms with E-state index in [9.17, 15) is 33.7 Å². The van der Waals surface area contributed by atoms with E-state index in [0.717, 1.165) is 12.8 Å². The first-order chi connectivity index (χ1) is 18.0. The molecule has 3 atom stereocenters. The first-order valence-corrected chi connectivity index (χ1v) is 12.9. The van der Waals surface area contributed by atoms with Gasteiger partial charge >= 0.3 is 13.2 Å². The lowest BCUT2D eigenvalue weighted by Gasteiger charge is -2.36. The van der Waals surface area contributed by atoms with Crippen molar-refractivity contribution in [2.24, 2.45) is 0 Å². The summed E-state index contributed by atoms with van der Waals surface area (Å²) in [7, 11) is -1.88. The fraction of sp³-hybridized carbons (Fsp3) is 0.577. The Morgan fingerprint density at radius 3 is 2.58 bits per heavy atom. The minimum absolute atomic E-state index is 0.0351. The summed E-state index contributed by atoms with van der Waals surface area (Å²) in [4.78, 5) is 29.2. The number of likely N-dealkylation sites (tertiary alicyclic amines) is 2. The zero-order chi connectivity index (χ0) is 27.9. The summed E-state index contributed by atoms with van der Waals surface area (Å²) >= 11 is 0. The van der Waals surface area contributed by atoms with Gasteiger partial charge in [0.1, 0.15) is 30.2 Å². The third-order valence-corrected chi connectivity index (χ3v) is 7.12. The quantitative estimate of drug-likeness (QED) is 0.253. The number of hydrogen-bond acceptors (Lipinski definition) is 7. The standard InChI is InChI=1S/C26H35BF2N4O5/c1-26(2,32-12-10-21(29)16-32)14-19(15-30)24(34)33-11-4-3-5-22(33)17-38-25(35)31-23(27(36)37)13-18-6-8-20(28)9-7-18/h6-9,14,21-23,36-37H,3-5,10-13,16-17H2,1-2H3,(H,31,35)/t21-,22-,23+/m1/s1. The molecule has 1 aromatic rings. The Balaban J connectivity index is 1.61. The molecule has 0 unspecified atom stereocenters. The number of carbonyl (C=O) groups is 2. The van der Waals surface area contributed by atoms with Gasteiger partial charge < -0.3 is 25.0 Å². The number of amides is 2. The minimum Gasteiger partial charge on any atom is -0.447 e. The van der Waals surface area contributed by atoms with Crippen molar-refractivity contribution in [2.75, 3.05) is 26.2 Å². The van der Waals surface area contributed by atoms with Gasteiger partial charge in [-0.1, -0.05) is 12.1 Å². The predicted molar refractivity (Wildman–Crippen MR) is 137 cm³/mol. The molecule has 2 aliphatic rings. The molecule has 12 heteroatoms. The lowest BCUT2D eigenvalue weighted by atomic mass is 9.76. The van der Waals surface area contributed by atoms with Crippen LogP contribution in [-0.2, 0) is 16.0 Å². The number of carbonyl (C=O) groups excluding carboxylic acids is 2. The smallest absolute Gasteiger partial charge is 0.447 e. The van der Waals surface area contributed by atoms with Gasteiger partial charge in [-0.05, 0) is 69.7 Å². The molecule has 1 aromatic carbocycles. The summed E-state index contributed by atoms with van der Waals surface area (Å²) in [5.74, 6) is -2.00. The molecule has 38 heavy (non-hydrogen) atoms. The second-order valence-corrected chi connectivity index (χ2v) is 10.4. The largest absolute Gasteiger partial charge is 0.475 e. The summed E-state index contributed by atoms with van der Waals surface area (Å²) in [5, 5.41) is 31.5. The fourth-order valence-corrected chi connectivity index (χ4v) is 4.89. The molecule has 2 amide bonds. The van der Waals surface area contributed by atoms with E-state index in [1.807, 2.05) is 24.8 Å². The van der Waals surface area contributed by atoms with Crippen molar-refractivity contribution < 1.29 is 33.2 Å². The normalized spacial score (nSPS) is 21.5. The lowest BCUT2D eigenvalue weighted by Crippen LogP contribution is -2.50. The Labute approximate surface area is 222 Å². The molecule has 2 fully saturated rings. The minimum atomic E-state index is -1.88. The average molecular weight is 532 g/mol. The van der Waals surface area contributed by atoms with Crippen LogP contribution in [0.3, 0.4) is 0 Å². The first kappa shape index (κ1) is 29.5. The van der Waals surface area contributed by atoms with Crippen LogP contribution in [0, 0.1) is 17.1 Å². The van der Waals surface area contributed by atoms with E-state index in [2.05, 4.69) is 5.32 Å². The number of rotatable bonds is 9. The van der Waals surface area contributed by atoms with Crippen LogP contribution in [0.2, 0.25) is 0 Å². The lowest BCUT2D eigenvalue weighted by molar-refractivity contribution is -0.131. The SMILES string of the molecule is CC(C)(C=C(C#N)C(=O)N1CCCC[C@@H]1COC(=O)N[C@@H](Cc1ccc(F)cc1)B(O)O)N1CC[C@@H](F)C1. The summed E-state index contributed by atoms with van der Waals surface area (Å²) in [6, 6.07) is 6.95. The molecule has 0 saturated carbocycles. The molecule has 0 spiro atoms. The third kappa shape index (κ3) is 8.00. The van der Waals surface area contributed by atoms with Crippen molar-refractivity contribution in [2.45, 2.75) is 69.6 Å². The monoisotopic (exact) mass is 532 g/mol. The summed E-state index contributed by atoms with van der Waals surface area (Å²) in [6.45, 7) is 4.73. The number of alkyl halides is 1. The molecule has 0 bridgehead atoms. The van der Waals surface area contributed by atoms with E-state index in [4.69, 9.17) is 4.74 Å². The van der Waals surface area contributed by atoms with E-state index >= 15 is 0 Å². The molecular formula is C26H35BF2N4O5. The summed E-state index contributed by atoms with van der Waals surface area (Å²) in [6.07, 6.45) is 2.32. The molecule has 0 radical (unpaired) electrons. The number of nitriles is 1. The van der Waals surface area contributed by atoms with Crippen LogP contribution in [0.5, 0.6) is 0 Å². The first-order valence-electron chi connectivity index (χ1n) is 12.9. The Morgan fingerprint density at radius 2 is 1.97 bits per heavy atom. The highest BCUT2D eigenvalue weighted by atomic mass is 19.1. The zero-order valence-corrected chi connectivity index (χ0v) is 21.8. The average Bonchev–Trinajstić information content (AvgIpc) is 3.34. The van der Waals surface area contributed by atoms with Crippen LogP contribution in [0.1, 0.15) is 45.1 Å². The van der Waals surface area contributed by atoms with Crippen molar-refractivity contribution in [1.82, 2.24) is 15.1 Å². The molecule has 206 valence electrons. The maximum atomic E-state index is 13.7. The van der Waals surface area contributed by atoms with Crippen LogP contribution < -0.4 is 5.32 Å². The molecule has 3 N–H and O–H groups in total. The molecule has 0 aromatic heterocycles. The fourth-order valence-electron chi connectivity index (χ4n) is 4.89. The summed E-state index contributed by atoms with van der Waals surface area (Å²) < 4.78 is 32.2. The molecule has 9 nitrogen and oxygen atoms in total.